The van der Waals surface area contributed by atoms with E-state index in [1.165, 1.54) is 0 Å². The van der Waals surface area contributed by atoms with Crippen LogP contribution in [0, 0.1) is 0 Å². The van der Waals surface area contributed by atoms with Crippen LogP contribution in [-0.4, -0.2) is 19.4 Å². The summed E-state index contributed by atoms with van der Waals surface area (Å²) in [5.41, 5.74) is 1.38. The summed E-state index contributed by atoms with van der Waals surface area (Å²) in [6, 6.07) is 9.64. The van der Waals surface area contributed by atoms with Crippen molar-refractivity contribution in [2.45, 2.75) is 11.3 Å². The maximum Gasteiger partial charge on any atom is 0.379 e. The van der Waals surface area contributed by atoms with Crippen molar-refractivity contribution in [3.63, 3.8) is 0 Å². The van der Waals surface area contributed by atoms with Crippen LogP contribution in [0.4, 0.5) is 4.48 Å². The van der Waals surface area contributed by atoms with Crippen molar-refractivity contribution < 1.29 is 4.48 Å². The van der Waals surface area contributed by atoms with Crippen molar-refractivity contribution >= 4 is 51.6 Å². The monoisotopic (exact) mass is 369 g/mol. The molecule has 8 heteroatoms. The van der Waals surface area contributed by atoms with Crippen molar-refractivity contribution in [1.82, 2.24) is 14.6 Å². The number of rotatable bonds is 3. The Bertz CT molecular complexity index is 884. The summed E-state index contributed by atoms with van der Waals surface area (Å²) in [6.45, 7) is 0. The van der Waals surface area contributed by atoms with Crippen molar-refractivity contribution in [3.8, 4) is 0 Å². The van der Waals surface area contributed by atoms with Crippen LogP contribution in [0.3, 0.4) is 0 Å². The molecule has 0 atom stereocenters. The van der Waals surface area contributed by atoms with E-state index in [1.807, 2.05) is 30.3 Å². The van der Waals surface area contributed by atoms with E-state index in [2.05, 4.69) is 5.10 Å². The molecule has 0 bridgehead atoms. The molecule has 1 aliphatic carbocycles. The van der Waals surface area contributed by atoms with Gasteiger partial charge in [0.15, 0.2) is 10.7 Å². The second kappa shape index (κ2) is 6.39. The average Bonchev–Trinajstić information content (AvgIpc) is 2.84. The van der Waals surface area contributed by atoms with Crippen molar-refractivity contribution in [2.75, 3.05) is 0 Å². The molecule has 0 radical (unpaired) electrons. The second-order valence-electron chi connectivity index (χ2n) is 4.84. The third-order valence-electron chi connectivity index (χ3n) is 3.42. The Morgan fingerprint density at radius 1 is 1.22 bits per heavy atom. The third-order valence-corrected chi connectivity index (χ3v) is 4.17. The van der Waals surface area contributed by atoms with Gasteiger partial charge in [0.1, 0.15) is 0 Å². The molecule has 118 valence electrons. The first-order valence-electron chi connectivity index (χ1n) is 6.65. The van der Waals surface area contributed by atoms with Crippen LogP contribution in [-0.2, 0) is 0 Å². The first-order valence-corrected chi connectivity index (χ1v) is 7.93. The van der Waals surface area contributed by atoms with E-state index < -0.39 is 10.5 Å². The third kappa shape index (κ3) is 3.02. The lowest BCUT2D eigenvalue weighted by atomic mass is 9.95. The first-order chi connectivity index (χ1) is 11.0. The van der Waals surface area contributed by atoms with E-state index in [-0.39, 0.29) is 17.1 Å². The van der Waals surface area contributed by atoms with E-state index in [0.717, 1.165) is 15.7 Å². The van der Waals surface area contributed by atoms with E-state index >= 15 is 0 Å². The second-order valence-corrected chi connectivity index (χ2v) is 6.43. The Morgan fingerprint density at radius 2 is 1.91 bits per heavy atom. The van der Waals surface area contributed by atoms with Crippen LogP contribution >= 0.6 is 35.4 Å². The molecule has 1 aromatic heterocycles. The minimum atomic E-state index is -1.13. The highest BCUT2D eigenvalue weighted by Gasteiger charge is 2.24. The van der Waals surface area contributed by atoms with Crippen molar-refractivity contribution in [2.24, 2.45) is 0 Å². The number of hydrogen-bond donors (Lipinski definition) is 0. The fourth-order valence-electron chi connectivity index (χ4n) is 2.39. The van der Waals surface area contributed by atoms with Gasteiger partial charge < -0.3 is 0 Å². The smallest absolute Gasteiger partial charge is 0.246 e. The largest absolute Gasteiger partial charge is 0.379 e. The van der Waals surface area contributed by atoms with Crippen LogP contribution < -0.4 is 5.69 Å². The number of allylic oxidation sites excluding steroid dienone is 4. The highest BCUT2D eigenvalue weighted by Crippen LogP contribution is 2.30. The van der Waals surface area contributed by atoms with Gasteiger partial charge in [-0.1, -0.05) is 76.3 Å². The van der Waals surface area contributed by atoms with E-state index in [4.69, 9.17) is 35.4 Å². The number of benzene rings is 1. The van der Waals surface area contributed by atoms with E-state index in [1.54, 1.807) is 12.2 Å². The summed E-state index contributed by atoms with van der Waals surface area (Å²) in [7, 11) is 0. The van der Waals surface area contributed by atoms with Crippen LogP contribution in [0.2, 0.25) is 0 Å². The lowest BCUT2D eigenvalue weighted by molar-refractivity contribution is 0.299. The summed E-state index contributed by atoms with van der Waals surface area (Å²) < 4.78 is 14.5. The van der Waals surface area contributed by atoms with Crippen LogP contribution in [0.5, 0.6) is 0 Å². The molecule has 0 saturated carbocycles. The molecule has 4 nitrogen and oxygen atoms in total. The Morgan fingerprint density at radius 3 is 2.52 bits per heavy atom. The van der Waals surface area contributed by atoms with Gasteiger partial charge in [0.25, 0.3) is 0 Å². The number of nitrogens with zero attached hydrogens (tertiary/aromatic N) is 3. The van der Waals surface area contributed by atoms with E-state index in [9.17, 15) is 9.28 Å². The zero-order valence-electron chi connectivity index (χ0n) is 11.6. The van der Waals surface area contributed by atoms with Gasteiger partial charge in [0.05, 0.1) is 0 Å². The van der Waals surface area contributed by atoms with Gasteiger partial charge in [-0.2, -0.15) is 0 Å². The van der Waals surface area contributed by atoms with Crippen molar-refractivity contribution in [1.29, 1.82) is 0 Å². The summed E-state index contributed by atoms with van der Waals surface area (Å²) >= 11 is 17.0. The minimum Gasteiger partial charge on any atom is -0.246 e. The zero-order valence-corrected chi connectivity index (χ0v) is 13.9. The van der Waals surface area contributed by atoms with Gasteiger partial charge in [-0.3, -0.25) is 0 Å². The first kappa shape index (κ1) is 16.1. The predicted octanol–water partition coefficient (Wildman–Crippen LogP) is 3.95. The lowest BCUT2D eigenvalue weighted by Crippen LogP contribution is -2.23. The predicted molar refractivity (Wildman–Crippen MR) is 93.3 cm³/mol. The molecule has 3 rings (SSSR count). The van der Waals surface area contributed by atoms with Gasteiger partial charge >= 0.3 is 5.69 Å². The molecule has 23 heavy (non-hydrogen) atoms. The Balaban J connectivity index is 2.08. The average molecular weight is 370 g/mol. The topological polar surface area (TPSA) is 39.8 Å². The fourth-order valence-corrected chi connectivity index (χ4v) is 3.01. The normalized spacial score (nSPS) is 14.9. The molecule has 0 aliphatic heterocycles. The molecule has 0 N–H and O–H groups in total. The summed E-state index contributed by atoms with van der Waals surface area (Å²) in [6.07, 6.45) is 3.77. The van der Waals surface area contributed by atoms with Crippen molar-refractivity contribution in [3.05, 3.63) is 64.4 Å². The number of halogens is 3. The molecule has 0 fully saturated rings. The number of alkyl halides is 2. The maximum atomic E-state index is 13.4. The summed E-state index contributed by atoms with van der Waals surface area (Å²) in [4.78, 5) is 11.1. The molecular weight excluding hydrogens is 360 g/mol. The molecule has 0 spiro atoms. The molecule has 0 unspecified atom stereocenters. The standard InChI is InChI=1S/C15H10Cl2FN3OS/c16-13(17)14-19-21(18)15(22)20(14)10-6-7-11(12(23)8-10)9-4-2-1-3-5-9/h1-7,13H,8H2. The minimum absolute atomic E-state index is 0.0774. The lowest BCUT2D eigenvalue weighted by Gasteiger charge is -2.17. The molecule has 2 aromatic rings. The van der Waals surface area contributed by atoms with Gasteiger partial charge in [0, 0.05) is 17.0 Å². The zero-order chi connectivity index (χ0) is 16.6. The number of aromatic nitrogens is 3. The highest BCUT2D eigenvalue weighted by molar-refractivity contribution is 7.81. The molecule has 0 amide bonds. The quantitative estimate of drug-likeness (QED) is 0.607. The maximum absolute atomic E-state index is 13.4. The molecular formula is C15H10Cl2FN3OS. The van der Waals surface area contributed by atoms with Crippen LogP contribution in [0.1, 0.15) is 22.6 Å². The molecule has 1 heterocycles. The van der Waals surface area contributed by atoms with Gasteiger partial charge in [-0.05, 0) is 22.1 Å². The van der Waals surface area contributed by atoms with Crippen LogP contribution in [0.25, 0.3) is 11.3 Å². The van der Waals surface area contributed by atoms with Gasteiger partial charge in [0.2, 0.25) is 0 Å². The Kier molecular flexibility index (Phi) is 4.48. The number of thiocarbonyl (C=S) groups is 1. The Labute approximate surface area is 146 Å². The van der Waals surface area contributed by atoms with E-state index in [0.29, 0.717) is 10.6 Å². The SMILES string of the molecule is O=c1n(F)nc(C(Cl)Cl)n1C1=CC=C(c2ccccc2)C(=S)C1. The molecule has 1 aromatic carbocycles. The molecule has 1 aliphatic rings. The fraction of sp³-hybridized carbons (Fsp3) is 0.133. The number of hydrogen-bond acceptors (Lipinski definition) is 3. The summed E-state index contributed by atoms with van der Waals surface area (Å²) in [5.74, 6) is -0.0774. The molecule has 0 saturated heterocycles. The highest BCUT2D eigenvalue weighted by atomic mass is 35.5. The Hall–Kier alpha value is -1.76. The van der Waals surface area contributed by atoms with Gasteiger partial charge in [-0.15, -0.1) is 5.10 Å². The van der Waals surface area contributed by atoms with Crippen LogP contribution in [0.15, 0.2) is 47.3 Å². The summed E-state index contributed by atoms with van der Waals surface area (Å²) in [5, 5.41) is 3.42. The van der Waals surface area contributed by atoms with Gasteiger partial charge in [-0.25, -0.2) is 9.36 Å².